The molecule has 1 aliphatic rings. The first kappa shape index (κ1) is 10.8. The Balaban J connectivity index is 2.23. The summed E-state index contributed by atoms with van der Waals surface area (Å²) in [6.07, 6.45) is 17.3. The average Bonchev–Trinajstić information content (AvgIpc) is 2.08. The van der Waals surface area contributed by atoms with Crippen molar-refractivity contribution in [2.75, 3.05) is 0 Å². The monoisotopic (exact) mass is 179 g/mol. The maximum atomic E-state index is 3.61. The summed E-state index contributed by atoms with van der Waals surface area (Å²) in [5, 5.41) is 0. The van der Waals surface area contributed by atoms with Gasteiger partial charge in [0.05, 0.1) is 0 Å². The summed E-state index contributed by atoms with van der Waals surface area (Å²) in [6, 6.07) is 0. The highest BCUT2D eigenvalue weighted by molar-refractivity contribution is 4.97. The molecular weight excluding hydrogens is 156 g/mol. The average molecular weight is 179 g/mol. The van der Waals surface area contributed by atoms with Crippen LogP contribution in [0.2, 0.25) is 0 Å². The lowest BCUT2D eigenvalue weighted by molar-refractivity contribution is 0.564. The van der Waals surface area contributed by atoms with Gasteiger partial charge in [0.15, 0.2) is 0 Å². The molecule has 75 valence electrons. The third-order valence-electron chi connectivity index (χ3n) is 2.86. The van der Waals surface area contributed by atoms with Crippen LogP contribution in [0.25, 0.3) is 0 Å². The van der Waals surface area contributed by atoms with Gasteiger partial charge in [0.2, 0.25) is 0 Å². The van der Waals surface area contributed by atoms with Gasteiger partial charge < -0.3 is 0 Å². The summed E-state index contributed by atoms with van der Waals surface area (Å²) in [7, 11) is 0. The summed E-state index contributed by atoms with van der Waals surface area (Å²) in [5.74, 6) is 0. The molecule has 0 unspecified atom stereocenters. The van der Waals surface area contributed by atoms with Gasteiger partial charge in [-0.15, -0.1) is 0 Å². The first-order valence-corrected chi connectivity index (χ1v) is 6.02. The van der Waals surface area contributed by atoms with Crippen molar-refractivity contribution in [3.8, 4) is 0 Å². The highest BCUT2D eigenvalue weighted by Crippen LogP contribution is 2.21. The molecule has 0 N–H and O–H groups in total. The van der Waals surface area contributed by atoms with E-state index in [4.69, 9.17) is 0 Å². The first-order valence-electron chi connectivity index (χ1n) is 6.02. The van der Waals surface area contributed by atoms with Gasteiger partial charge in [-0.1, -0.05) is 38.2 Å². The molecule has 1 aliphatic carbocycles. The van der Waals surface area contributed by atoms with E-state index in [-0.39, 0.29) is 0 Å². The van der Waals surface area contributed by atoms with Crippen LogP contribution >= 0.6 is 0 Å². The molecule has 0 saturated heterocycles. The molecule has 0 nitrogen and oxygen atoms in total. The van der Waals surface area contributed by atoms with E-state index >= 15 is 0 Å². The molecule has 0 aliphatic heterocycles. The highest BCUT2D eigenvalue weighted by atomic mass is 14.1. The van der Waals surface area contributed by atoms with E-state index in [0.29, 0.717) is 0 Å². The van der Waals surface area contributed by atoms with Crippen molar-refractivity contribution in [2.24, 2.45) is 0 Å². The van der Waals surface area contributed by atoms with Crippen molar-refractivity contribution < 1.29 is 0 Å². The van der Waals surface area contributed by atoms with E-state index in [9.17, 15) is 0 Å². The second-order valence-electron chi connectivity index (χ2n) is 4.15. The molecular formula is C13H23. The molecule has 0 bridgehead atoms. The van der Waals surface area contributed by atoms with E-state index in [1.54, 1.807) is 5.57 Å². The minimum Gasteiger partial charge on any atom is -0.0667 e. The van der Waals surface area contributed by atoms with Gasteiger partial charge in [0.25, 0.3) is 0 Å². The lowest BCUT2D eigenvalue weighted by atomic mass is 9.95. The Morgan fingerprint density at radius 3 is 2.23 bits per heavy atom. The molecule has 1 radical (unpaired) electrons. The fourth-order valence-electron chi connectivity index (χ4n) is 1.95. The van der Waals surface area contributed by atoms with E-state index in [2.05, 4.69) is 13.0 Å². The Labute approximate surface area is 83.4 Å². The number of rotatable bonds is 3. The smallest absolute Gasteiger partial charge is 0.0277 e. The Hall–Kier alpha value is -0.260. The molecule has 0 aromatic heterocycles. The molecule has 0 atom stereocenters. The summed E-state index contributed by atoms with van der Waals surface area (Å²) in [4.78, 5) is 0. The number of hydrogen-bond acceptors (Lipinski definition) is 0. The molecule has 1 saturated carbocycles. The second-order valence-corrected chi connectivity index (χ2v) is 4.15. The van der Waals surface area contributed by atoms with Gasteiger partial charge >= 0.3 is 0 Å². The lowest BCUT2D eigenvalue weighted by Gasteiger charge is -2.11. The van der Waals surface area contributed by atoms with Crippen molar-refractivity contribution in [3.05, 3.63) is 11.6 Å². The van der Waals surface area contributed by atoms with Gasteiger partial charge in [-0.2, -0.15) is 0 Å². The predicted octanol–water partition coefficient (Wildman–Crippen LogP) is 4.65. The van der Waals surface area contributed by atoms with Crippen LogP contribution in [0.15, 0.2) is 5.57 Å². The largest absolute Gasteiger partial charge is 0.0667 e. The molecule has 0 spiro atoms. The van der Waals surface area contributed by atoms with E-state index < -0.39 is 0 Å². The molecule has 0 aromatic rings. The Morgan fingerprint density at radius 2 is 1.62 bits per heavy atom. The van der Waals surface area contributed by atoms with Crippen LogP contribution in [0.4, 0.5) is 0 Å². The third kappa shape index (κ3) is 5.13. The normalized spacial score (nSPS) is 19.3. The Kier molecular flexibility index (Phi) is 5.97. The third-order valence-corrected chi connectivity index (χ3v) is 2.86. The van der Waals surface area contributed by atoms with Crippen LogP contribution in [0.5, 0.6) is 0 Å². The summed E-state index contributed by atoms with van der Waals surface area (Å²) >= 11 is 0. The SMILES string of the molecule is CCCC[C]=C1CCCCCCC1. The van der Waals surface area contributed by atoms with Crippen molar-refractivity contribution in [2.45, 2.75) is 71.1 Å². The number of unbranched alkanes of at least 4 members (excludes halogenated alkanes) is 2. The maximum Gasteiger partial charge on any atom is -0.0277 e. The maximum absolute atomic E-state index is 3.61. The molecule has 0 amide bonds. The zero-order chi connectivity index (χ0) is 9.36. The van der Waals surface area contributed by atoms with Crippen LogP contribution in [0.3, 0.4) is 0 Å². The van der Waals surface area contributed by atoms with Crippen molar-refractivity contribution in [1.29, 1.82) is 0 Å². The summed E-state index contributed by atoms with van der Waals surface area (Å²) in [6.45, 7) is 2.25. The molecule has 0 heteroatoms. The van der Waals surface area contributed by atoms with Gasteiger partial charge in [-0.05, 0) is 44.6 Å². The molecule has 1 rings (SSSR count). The topological polar surface area (TPSA) is 0 Å². The van der Waals surface area contributed by atoms with Crippen LogP contribution in [0, 0.1) is 6.08 Å². The fraction of sp³-hybridized carbons (Fsp3) is 0.846. The summed E-state index contributed by atoms with van der Waals surface area (Å²) < 4.78 is 0. The van der Waals surface area contributed by atoms with E-state index in [1.165, 1.54) is 64.2 Å². The van der Waals surface area contributed by atoms with E-state index in [0.717, 1.165) is 0 Å². The Bertz CT molecular complexity index is 134. The number of allylic oxidation sites excluding steroid dienone is 2. The quantitative estimate of drug-likeness (QED) is 0.553. The molecule has 13 heavy (non-hydrogen) atoms. The van der Waals surface area contributed by atoms with Crippen LogP contribution in [-0.2, 0) is 0 Å². The van der Waals surface area contributed by atoms with E-state index in [1.807, 2.05) is 0 Å². The van der Waals surface area contributed by atoms with Crippen molar-refractivity contribution in [3.63, 3.8) is 0 Å². The second kappa shape index (κ2) is 7.17. The van der Waals surface area contributed by atoms with Gasteiger partial charge in [-0.3, -0.25) is 0 Å². The minimum absolute atomic E-state index is 1.20. The van der Waals surface area contributed by atoms with Crippen LogP contribution in [0.1, 0.15) is 71.1 Å². The Morgan fingerprint density at radius 1 is 1.00 bits per heavy atom. The highest BCUT2D eigenvalue weighted by Gasteiger charge is 2.02. The first-order chi connectivity index (χ1) is 6.43. The van der Waals surface area contributed by atoms with Gasteiger partial charge in [-0.25, -0.2) is 0 Å². The molecule has 1 fully saturated rings. The van der Waals surface area contributed by atoms with Gasteiger partial charge in [0.1, 0.15) is 0 Å². The van der Waals surface area contributed by atoms with Crippen LogP contribution < -0.4 is 0 Å². The van der Waals surface area contributed by atoms with Crippen molar-refractivity contribution >= 4 is 0 Å². The zero-order valence-corrected chi connectivity index (χ0v) is 9.07. The lowest BCUT2D eigenvalue weighted by Crippen LogP contribution is -1.92. The molecule has 0 heterocycles. The van der Waals surface area contributed by atoms with Gasteiger partial charge in [0, 0.05) is 0 Å². The minimum atomic E-state index is 1.20. The zero-order valence-electron chi connectivity index (χ0n) is 9.07. The van der Waals surface area contributed by atoms with Crippen LogP contribution in [-0.4, -0.2) is 0 Å². The fourth-order valence-corrected chi connectivity index (χ4v) is 1.95. The summed E-state index contributed by atoms with van der Waals surface area (Å²) in [5.41, 5.74) is 1.63. The predicted molar refractivity (Wildman–Crippen MR) is 58.6 cm³/mol. The number of hydrogen-bond donors (Lipinski definition) is 0. The molecule has 0 aromatic carbocycles. The van der Waals surface area contributed by atoms with Crippen molar-refractivity contribution in [1.82, 2.24) is 0 Å². The standard InChI is InChI=1S/C13H23/c1-2-3-7-10-13-11-8-5-4-6-9-12-13/h2-9,11-12H2,1H3.